The molecule has 2 N–H and O–H groups in total. The van der Waals surface area contributed by atoms with Gasteiger partial charge in [-0.25, -0.2) is 4.79 Å². The number of aromatic carboxylic acids is 1. The van der Waals surface area contributed by atoms with E-state index in [0.29, 0.717) is 13.2 Å². The van der Waals surface area contributed by atoms with Gasteiger partial charge in [-0.2, -0.15) is 0 Å². The molecule has 2 rings (SSSR count). The molecule has 1 heterocycles. The number of carbonyl (C=O) groups is 2. The first-order chi connectivity index (χ1) is 10.1. The molecule has 0 saturated carbocycles. The van der Waals surface area contributed by atoms with Gasteiger partial charge in [0, 0.05) is 32.0 Å². The van der Waals surface area contributed by atoms with E-state index in [1.54, 1.807) is 36.1 Å². The predicted octanol–water partition coefficient (Wildman–Crippen LogP) is 1.49. The maximum absolute atomic E-state index is 11.8. The molecule has 1 aromatic carbocycles. The van der Waals surface area contributed by atoms with Gasteiger partial charge in [-0.3, -0.25) is 4.79 Å². The summed E-state index contributed by atoms with van der Waals surface area (Å²) in [6.45, 7) is 1.33. The van der Waals surface area contributed by atoms with Crippen molar-refractivity contribution >= 4 is 22.8 Å². The highest BCUT2D eigenvalue weighted by atomic mass is 16.5. The number of amides is 1. The van der Waals surface area contributed by atoms with Crippen molar-refractivity contribution in [1.82, 2.24) is 9.88 Å². The third-order valence-corrected chi connectivity index (χ3v) is 3.18. The number of carboxylic acids is 1. The van der Waals surface area contributed by atoms with Crippen LogP contribution < -0.4 is 5.32 Å². The standard InChI is InChI=1S/C15H18N2O4/c1-21-8-2-6-16-14(18)10-17-7-5-11-3-4-12(15(19)20)9-13(11)17/h3-5,7,9H,2,6,8,10H2,1H3,(H,16,18)(H,19,20). The molecule has 112 valence electrons. The molecule has 1 amide bonds. The summed E-state index contributed by atoms with van der Waals surface area (Å²) in [6.07, 6.45) is 2.54. The summed E-state index contributed by atoms with van der Waals surface area (Å²) < 4.78 is 6.65. The van der Waals surface area contributed by atoms with E-state index in [2.05, 4.69) is 5.32 Å². The lowest BCUT2D eigenvalue weighted by atomic mass is 10.1. The van der Waals surface area contributed by atoms with Crippen molar-refractivity contribution in [1.29, 1.82) is 0 Å². The second-order valence-electron chi connectivity index (χ2n) is 4.72. The summed E-state index contributed by atoms with van der Waals surface area (Å²) in [5, 5.41) is 12.7. The Morgan fingerprint density at radius 1 is 1.33 bits per heavy atom. The van der Waals surface area contributed by atoms with Crippen LogP contribution in [0.25, 0.3) is 10.9 Å². The number of nitrogens with one attached hydrogen (secondary N) is 1. The van der Waals surface area contributed by atoms with Gasteiger partial charge >= 0.3 is 5.97 Å². The topological polar surface area (TPSA) is 80.6 Å². The van der Waals surface area contributed by atoms with Crippen molar-refractivity contribution in [2.24, 2.45) is 0 Å². The Kier molecular flexibility index (Phi) is 4.94. The van der Waals surface area contributed by atoms with E-state index < -0.39 is 5.97 Å². The number of ether oxygens (including phenoxy) is 1. The molecule has 1 aromatic heterocycles. The highest BCUT2D eigenvalue weighted by Crippen LogP contribution is 2.17. The number of carbonyl (C=O) groups excluding carboxylic acids is 1. The summed E-state index contributed by atoms with van der Waals surface area (Å²) in [7, 11) is 1.62. The number of hydrogen-bond acceptors (Lipinski definition) is 3. The minimum absolute atomic E-state index is 0.107. The van der Waals surface area contributed by atoms with Crippen molar-refractivity contribution in [2.45, 2.75) is 13.0 Å². The smallest absolute Gasteiger partial charge is 0.335 e. The number of fused-ring (bicyclic) bond motifs is 1. The lowest BCUT2D eigenvalue weighted by Crippen LogP contribution is -2.28. The molecule has 0 aliphatic rings. The van der Waals surface area contributed by atoms with Gasteiger partial charge in [-0.05, 0) is 30.0 Å². The Morgan fingerprint density at radius 3 is 2.86 bits per heavy atom. The van der Waals surface area contributed by atoms with E-state index in [0.717, 1.165) is 17.3 Å². The maximum Gasteiger partial charge on any atom is 0.335 e. The van der Waals surface area contributed by atoms with Crippen LogP contribution in [0.3, 0.4) is 0 Å². The molecule has 0 unspecified atom stereocenters. The first-order valence-corrected chi connectivity index (χ1v) is 6.69. The van der Waals surface area contributed by atoms with E-state index in [-0.39, 0.29) is 18.0 Å². The van der Waals surface area contributed by atoms with Crippen molar-refractivity contribution in [3.63, 3.8) is 0 Å². The van der Waals surface area contributed by atoms with Gasteiger partial charge in [0.25, 0.3) is 0 Å². The first kappa shape index (κ1) is 15.1. The van der Waals surface area contributed by atoms with Gasteiger partial charge < -0.3 is 19.7 Å². The van der Waals surface area contributed by atoms with Crippen LogP contribution in [-0.4, -0.2) is 41.8 Å². The van der Waals surface area contributed by atoms with Gasteiger partial charge in [0.05, 0.1) is 5.56 Å². The van der Waals surface area contributed by atoms with Crippen LogP contribution >= 0.6 is 0 Å². The summed E-state index contributed by atoms with van der Waals surface area (Å²) in [5.74, 6) is -1.09. The quantitative estimate of drug-likeness (QED) is 0.757. The number of aromatic nitrogens is 1. The zero-order valence-corrected chi connectivity index (χ0v) is 11.8. The van der Waals surface area contributed by atoms with Crippen molar-refractivity contribution in [3.05, 3.63) is 36.0 Å². The SMILES string of the molecule is COCCCNC(=O)Cn1ccc2ccc(C(=O)O)cc21. The predicted molar refractivity (Wildman–Crippen MR) is 78.4 cm³/mol. The molecule has 0 spiro atoms. The van der Waals surface area contributed by atoms with Crippen LogP contribution in [0, 0.1) is 0 Å². The monoisotopic (exact) mass is 290 g/mol. The molecule has 0 atom stereocenters. The molecular weight excluding hydrogens is 272 g/mol. The van der Waals surface area contributed by atoms with Crippen LogP contribution in [0.1, 0.15) is 16.8 Å². The number of benzene rings is 1. The fourth-order valence-electron chi connectivity index (χ4n) is 2.11. The molecule has 0 radical (unpaired) electrons. The molecule has 0 aliphatic heterocycles. The summed E-state index contributed by atoms with van der Waals surface area (Å²) in [5.41, 5.74) is 0.949. The van der Waals surface area contributed by atoms with Crippen LogP contribution in [0.2, 0.25) is 0 Å². The molecule has 0 aliphatic carbocycles. The summed E-state index contributed by atoms with van der Waals surface area (Å²) >= 11 is 0. The van der Waals surface area contributed by atoms with E-state index >= 15 is 0 Å². The number of nitrogens with zero attached hydrogens (tertiary/aromatic N) is 1. The van der Waals surface area contributed by atoms with E-state index in [9.17, 15) is 9.59 Å². The third kappa shape index (κ3) is 3.82. The normalized spacial score (nSPS) is 10.7. The Hall–Kier alpha value is -2.34. The van der Waals surface area contributed by atoms with E-state index in [4.69, 9.17) is 9.84 Å². The highest BCUT2D eigenvalue weighted by Gasteiger charge is 2.09. The highest BCUT2D eigenvalue weighted by molar-refractivity contribution is 5.93. The van der Waals surface area contributed by atoms with Gasteiger partial charge in [0.15, 0.2) is 0 Å². The van der Waals surface area contributed by atoms with Crippen molar-refractivity contribution < 1.29 is 19.4 Å². The Bertz CT molecular complexity index is 648. The fraction of sp³-hybridized carbons (Fsp3) is 0.333. The molecule has 21 heavy (non-hydrogen) atoms. The number of carboxylic acid groups (broad SMARTS) is 1. The fourth-order valence-corrected chi connectivity index (χ4v) is 2.11. The van der Waals surface area contributed by atoms with Crippen molar-refractivity contribution in [2.75, 3.05) is 20.3 Å². The minimum atomic E-state index is -0.978. The van der Waals surface area contributed by atoms with E-state index in [1.165, 1.54) is 0 Å². The minimum Gasteiger partial charge on any atom is -0.478 e. The molecule has 0 saturated heterocycles. The molecule has 0 fully saturated rings. The van der Waals surface area contributed by atoms with Gasteiger partial charge in [0.2, 0.25) is 5.91 Å². The van der Waals surface area contributed by atoms with Crippen LogP contribution in [-0.2, 0) is 16.1 Å². The lowest BCUT2D eigenvalue weighted by molar-refractivity contribution is -0.121. The second-order valence-corrected chi connectivity index (χ2v) is 4.72. The van der Waals surface area contributed by atoms with Crippen LogP contribution in [0.15, 0.2) is 30.5 Å². The molecule has 6 heteroatoms. The Balaban J connectivity index is 2.06. The van der Waals surface area contributed by atoms with Gasteiger partial charge in [-0.15, -0.1) is 0 Å². The van der Waals surface area contributed by atoms with Crippen LogP contribution in [0.5, 0.6) is 0 Å². The van der Waals surface area contributed by atoms with Crippen molar-refractivity contribution in [3.8, 4) is 0 Å². The molecule has 2 aromatic rings. The number of rotatable bonds is 7. The Labute approximate surface area is 122 Å². The average Bonchev–Trinajstić information content (AvgIpc) is 2.86. The largest absolute Gasteiger partial charge is 0.478 e. The lowest BCUT2D eigenvalue weighted by Gasteiger charge is -2.07. The molecule has 0 bridgehead atoms. The van der Waals surface area contributed by atoms with Gasteiger partial charge in [-0.1, -0.05) is 6.07 Å². The third-order valence-electron chi connectivity index (χ3n) is 3.18. The van der Waals surface area contributed by atoms with Crippen LogP contribution in [0.4, 0.5) is 0 Å². The summed E-state index contributed by atoms with van der Waals surface area (Å²) in [4.78, 5) is 22.8. The summed E-state index contributed by atoms with van der Waals surface area (Å²) in [6, 6.07) is 6.74. The molecule has 6 nitrogen and oxygen atoms in total. The average molecular weight is 290 g/mol. The second kappa shape index (κ2) is 6.90. The zero-order valence-electron chi connectivity index (χ0n) is 11.8. The first-order valence-electron chi connectivity index (χ1n) is 6.69. The Morgan fingerprint density at radius 2 is 2.14 bits per heavy atom. The zero-order chi connectivity index (χ0) is 15.2. The van der Waals surface area contributed by atoms with Gasteiger partial charge in [0.1, 0.15) is 6.54 Å². The maximum atomic E-state index is 11.8. The number of hydrogen-bond donors (Lipinski definition) is 2. The number of methoxy groups -OCH3 is 1. The molecular formula is C15H18N2O4. The van der Waals surface area contributed by atoms with E-state index in [1.807, 2.05) is 6.07 Å².